The van der Waals surface area contributed by atoms with Gasteiger partial charge in [0, 0.05) is 19.4 Å². The third kappa shape index (κ3) is 10.1. The summed E-state index contributed by atoms with van der Waals surface area (Å²) in [6.07, 6.45) is 3.31. The quantitative estimate of drug-likeness (QED) is 0.659. The smallest absolute Gasteiger partial charge is 0.450 e. The van der Waals surface area contributed by atoms with Gasteiger partial charge < -0.3 is 20.0 Å². The van der Waals surface area contributed by atoms with Crippen molar-refractivity contribution in [1.29, 1.82) is 0 Å². The first-order valence-electron chi connectivity index (χ1n) is 7.44. The Morgan fingerprint density at radius 3 is 2.09 bits per heavy atom. The van der Waals surface area contributed by atoms with Gasteiger partial charge >= 0.3 is 12.1 Å². The van der Waals surface area contributed by atoms with E-state index in [1.165, 1.54) is 18.2 Å². The molecule has 1 aliphatic carbocycles. The van der Waals surface area contributed by atoms with E-state index in [4.69, 9.17) is 15.0 Å². The van der Waals surface area contributed by atoms with Gasteiger partial charge in [-0.3, -0.25) is 14.4 Å². The number of hydroxylamine groups is 1. The maximum atomic E-state index is 12.2. The molecule has 0 bridgehead atoms. The average molecular weight is 332 g/mol. The number of hydrogen-bond donors (Lipinski definition) is 3. The van der Waals surface area contributed by atoms with E-state index in [0.717, 1.165) is 25.7 Å². The van der Waals surface area contributed by atoms with Crippen LogP contribution in [0.4, 0.5) is 4.79 Å². The van der Waals surface area contributed by atoms with Crippen LogP contribution in [-0.4, -0.2) is 52.1 Å². The fraction of sp³-hybridized carbons (Fsp3) is 0.714. The molecule has 132 valence electrons. The summed E-state index contributed by atoms with van der Waals surface area (Å²) in [6.45, 7) is 3.44. The summed E-state index contributed by atoms with van der Waals surface area (Å²) in [5, 5.41) is 13.9. The van der Waals surface area contributed by atoms with E-state index in [9.17, 15) is 14.4 Å². The number of nitrogens with zero attached hydrogens (tertiary/aromatic N) is 1. The number of rotatable bonds is 4. The molecule has 9 nitrogen and oxygen atoms in total. The monoisotopic (exact) mass is 332 g/mol. The second kappa shape index (κ2) is 11.3. The summed E-state index contributed by atoms with van der Waals surface area (Å²) in [5.41, 5.74) is 2.02. The predicted molar refractivity (Wildman–Crippen MR) is 79.4 cm³/mol. The van der Waals surface area contributed by atoms with Crippen LogP contribution in [0, 0.1) is 5.92 Å². The molecule has 3 N–H and O–H groups in total. The van der Waals surface area contributed by atoms with Crippen LogP contribution < -0.4 is 5.48 Å². The van der Waals surface area contributed by atoms with Gasteiger partial charge in [-0.25, -0.2) is 4.79 Å². The van der Waals surface area contributed by atoms with Crippen LogP contribution in [0.2, 0.25) is 0 Å². The van der Waals surface area contributed by atoms with Crippen LogP contribution in [0.25, 0.3) is 0 Å². The molecule has 0 saturated heterocycles. The molecule has 1 aliphatic rings. The number of carbonyl (C=O) groups is 4. The van der Waals surface area contributed by atoms with Crippen molar-refractivity contribution >= 4 is 23.9 Å². The van der Waals surface area contributed by atoms with Crippen molar-refractivity contribution in [2.24, 2.45) is 5.92 Å². The third-order valence-electron chi connectivity index (χ3n) is 3.29. The lowest BCUT2D eigenvalue weighted by molar-refractivity contribution is -0.157. The van der Waals surface area contributed by atoms with Crippen molar-refractivity contribution in [1.82, 2.24) is 10.4 Å². The van der Waals surface area contributed by atoms with Crippen molar-refractivity contribution in [3.63, 3.8) is 0 Å². The molecule has 1 fully saturated rings. The largest absolute Gasteiger partial charge is 0.503 e. The molecule has 9 heteroatoms. The summed E-state index contributed by atoms with van der Waals surface area (Å²) in [4.78, 5) is 48.8. The normalized spacial score (nSPS) is 14.0. The third-order valence-corrected chi connectivity index (χ3v) is 3.29. The summed E-state index contributed by atoms with van der Waals surface area (Å²) in [5.74, 6) is -1.01. The Hall–Kier alpha value is -2.32. The highest BCUT2D eigenvalue weighted by atomic mass is 16.7. The summed E-state index contributed by atoms with van der Waals surface area (Å²) in [7, 11) is 0. The molecule has 23 heavy (non-hydrogen) atoms. The van der Waals surface area contributed by atoms with E-state index >= 15 is 0 Å². The molecule has 0 unspecified atom stereocenters. The lowest BCUT2D eigenvalue weighted by atomic mass is 9.88. The molecule has 0 radical (unpaired) electrons. The van der Waals surface area contributed by atoms with Gasteiger partial charge in [0.05, 0.1) is 0 Å². The van der Waals surface area contributed by atoms with Gasteiger partial charge in [-0.05, 0) is 19.8 Å². The fourth-order valence-corrected chi connectivity index (χ4v) is 2.29. The first kappa shape index (κ1) is 20.7. The molecule has 0 aromatic carbocycles. The van der Waals surface area contributed by atoms with Gasteiger partial charge in [-0.1, -0.05) is 19.3 Å². The van der Waals surface area contributed by atoms with E-state index in [0.29, 0.717) is 6.54 Å². The highest BCUT2D eigenvalue weighted by molar-refractivity contribution is 5.86. The molecule has 0 aliphatic heterocycles. The number of nitrogens with one attached hydrogen (secondary N) is 1. The second-order valence-electron chi connectivity index (χ2n) is 5.09. The molecule has 0 spiro atoms. The maximum Gasteiger partial charge on any atom is 0.503 e. The van der Waals surface area contributed by atoms with Crippen LogP contribution in [0.5, 0.6) is 0 Å². The van der Waals surface area contributed by atoms with Gasteiger partial charge in [0.2, 0.25) is 5.91 Å². The zero-order valence-electron chi connectivity index (χ0n) is 13.4. The van der Waals surface area contributed by atoms with Gasteiger partial charge in [-0.15, -0.1) is 0 Å². The summed E-state index contributed by atoms with van der Waals surface area (Å²) < 4.78 is 0. The number of likely N-dealkylation sites (N-methyl/N-ethyl adjacent to an activating group) is 1. The van der Waals surface area contributed by atoms with Crippen molar-refractivity contribution in [2.45, 2.75) is 46.0 Å². The van der Waals surface area contributed by atoms with E-state index in [2.05, 4.69) is 4.84 Å². The number of hydrogen-bond acceptors (Lipinski definition) is 5. The molecule has 2 amide bonds. The predicted octanol–water partition coefficient (Wildman–Crippen LogP) is 1.23. The van der Waals surface area contributed by atoms with Gasteiger partial charge in [0.15, 0.2) is 0 Å². The average Bonchev–Trinajstić information content (AvgIpc) is 2.50. The van der Waals surface area contributed by atoms with E-state index in [1.807, 2.05) is 12.4 Å². The Bertz CT molecular complexity index is 415. The summed E-state index contributed by atoms with van der Waals surface area (Å²) in [6, 6.07) is 0. The standard InChI is InChI=1S/C13H22N2O4.CH2O3/c1-3-15(9-12(17)14-19-10(2)16)13(18)11-7-5-4-6-8-11;2-1(3)4/h11H,3-9H2,1-2H3,(H,14,17);(H2,2,3,4). The molecule has 0 aromatic heterocycles. The Morgan fingerprint density at radius 1 is 1.13 bits per heavy atom. The number of carboxylic acid groups (broad SMARTS) is 2. The van der Waals surface area contributed by atoms with Crippen LogP contribution in [0.1, 0.15) is 46.0 Å². The second-order valence-corrected chi connectivity index (χ2v) is 5.09. The Kier molecular flexibility index (Phi) is 10.1. The molecule has 1 saturated carbocycles. The molecule has 0 heterocycles. The lowest BCUT2D eigenvalue weighted by Gasteiger charge is -2.27. The highest BCUT2D eigenvalue weighted by Crippen LogP contribution is 2.25. The van der Waals surface area contributed by atoms with Gasteiger partial charge in [0.1, 0.15) is 6.54 Å². The molecular weight excluding hydrogens is 308 g/mol. The zero-order valence-corrected chi connectivity index (χ0v) is 13.4. The van der Waals surface area contributed by atoms with Crippen molar-refractivity contribution in [2.75, 3.05) is 13.1 Å². The van der Waals surface area contributed by atoms with E-state index in [-0.39, 0.29) is 18.4 Å². The SMILES string of the molecule is CCN(CC(=O)NOC(C)=O)C(=O)C1CCCCC1.O=C(O)O. The molecule has 1 rings (SSSR count). The van der Waals surface area contributed by atoms with Gasteiger partial charge in [-0.2, -0.15) is 5.48 Å². The van der Waals surface area contributed by atoms with E-state index in [1.54, 1.807) is 0 Å². The van der Waals surface area contributed by atoms with Crippen molar-refractivity contribution in [3.05, 3.63) is 0 Å². The first-order chi connectivity index (χ1) is 10.8. The Balaban J connectivity index is 0.00000108. The Morgan fingerprint density at radius 2 is 1.65 bits per heavy atom. The van der Waals surface area contributed by atoms with E-state index < -0.39 is 18.0 Å². The minimum atomic E-state index is -1.83. The number of carbonyl (C=O) groups excluding carboxylic acids is 3. The number of amides is 2. The first-order valence-corrected chi connectivity index (χ1v) is 7.44. The highest BCUT2D eigenvalue weighted by Gasteiger charge is 2.26. The topological polar surface area (TPSA) is 133 Å². The van der Waals surface area contributed by atoms with Crippen LogP contribution in [0.3, 0.4) is 0 Å². The summed E-state index contributed by atoms with van der Waals surface area (Å²) >= 11 is 0. The fourth-order valence-electron chi connectivity index (χ4n) is 2.29. The minimum absolute atomic E-state index is 0.0279. The lowest BCUT2D eigenvalue weighted by Crippen LogP contribution is -2.43. The van der Waals surface area contributed by atoms with Crippen LogP contribution in [-0.2, 0) is 19.2 Å². The van der Waals surface area contributed by atoms with Crippen molar-refractivity contribution in [3.8, 4) is 0 Å². The molecule has 0 aromatic rings. The molecule has 0 atom stereocenters. The van der Waals surface area contributed by atoms with Crippen molar-refractivity contribution < 1.29 is 34.2 Å². The zero-order chi connectivity index (χ0) is 17.8. The Labute approximate surface area is 134 Å². The van der Waals surface area contributed by atoms with Crippen LogP contribution >= 0.6 is 0 Å². The van der Waals surface area contributed by atoms with Gasteiger partial charge in [0.25, 0.3) is 5.91 Å². The molecular formula is C14H24N2O7. The minimum Gasteiger partial charge on any atom is -0.450 e. The maximum absolute atomic E-state index is 12.2. The van der Waals surface area contributed by atoms with Crippen LogP contribution in [0.15, 0.2) is 0 Å².